The Balaban J connectivity index is 2.76. The van der Waals surface area contributed by atoms with Crippen molar-refractivity contribution in [2.45, 2.75) is 6.92 Å². The van der Waals surface area contributed by atoms with Crippen LogP contribution >= 0.6 is 11.6 Å². The molecule has 0 fully saturated rings. The molecule has 76 valence electrons. The molecule has 0 aliphatic carbocycles. The van der Waals surface area contributed by atoms with Gasteiger partial charge in [-0.05, 0) is 31.2 Å². The summed E-state index contributed by atoms with van der Waals surface area (Å²) in [5, 5.41) is 20.3. The van der Waals surface area contributed by atoms with Crippen LogP contribution in [-0.2, 0) is 0 Å². The highest BCUT2D eigenvalue weighted by Crippen LogP contribution is 2.13. The molecule has 0 aromatic heterocycles. The highest BCUT2D eigenvalue weighted by atomic mass is 35.5. The van der Waals surface area contributed by atoms with Crippen LogP contribution in [0.3, 0.4) is 0 Å². The summed E-state index contributed by atoms with van der Waals surface area (Å²) >= 11 is 5.70. The number of hydrogen-bond donors (Lipinski definition) is 2. The van der Waals surface area contributed by atoms with Gasteiger partial charge in [0.05, 0.1) is 11.4 Å². The molecule has 2 N–H and O–H groups in total. The number of halogens is 1. The number of nitriles is 1. The Bertz CT molecular complexity index is 428. The van der Waals surface area contributed by atoms with Gasteiger partial charge in [0.15, 0.2) is 5.71 Å². The molecule has 0 unspecified atom stereocenters. The molecule has 1 aromatic carbocycles. The van der Waals surface area contributed by atoms with Crippen LogP contribution in [0, 0.1) is 16.7 Å². The van der Waals surface area contributed by atoms with Crippen molar-refractivity contribution in [1.82, 2.24) is 0 Å². The van der Waals surface area contributed by atoms with E-state index in [0.717, 1.165) is 0 Å². The molecule has 0 amide bonds. The lowest BCUT2D eigenvalue weighted by molar-refractivity contribution is 1.34. The van der Waals surface area contributed by atoms with Crippen molar-refractivity contribution in [3.8, 4) is 6.07 Å². The monoisotopic (exact) mass is 220 g/mol. The molecule has 0 atom stereocenters. The van der Waals surface area contributed by atoms with E-state index >= 15 is 0 Å². The Morgan fingerprint density at radius 3 is 2.53 bits per heavy atom. The molecule has 1 rings (SSSR count). The minimum absolute atomic E-state index is 0.0601. The smallest absolute Gasteiger partial charge is 0.181 e. The van der Waals surface area contributed by atoms with Crippen LogP contribution in [0.15, 0.2) is 29.4 Å². The number of hydrazone groups is 1. The van der Waals surface area contributed by atoms with E-state index in [0.29, 0.717) is 10.7 Å². The zero-order valence-corrected chi connectivity index (χ0v) is 8.84. The van der Waals surface area contributed by atoms with Gasteiger partial charge in [0.1, 0.15) is 6.07 Å². The SMILES string of the molecule is CC(=N)/C(C#N)=N\Nc1ccc(Cl)cc1. The quantitative estimate of drug-likeness (QED) is 0.607. The fourth-order valence-corrected chi connectivity index (χ4v) is 0.964. The van der Waals surface area contributed by atoms with Crippen molar-refractivity contribution in [3.05, 3.63) is 29.3 Å². The molecule has 0 spiro atoms. The summed E-state index contributed by atoms with van der Waals surface area (Å²) in [5.41, 5.74) is 3.57. The second-order valence-corrected chi connectivity index (χ2v) is 3.25. The molecule has 0 aliphatic rings. The maximum Gasteiger partial charge on any atom is 0.181 e. The van der Waals surface area contributed by atoms with Gasteiger partial charge in [-0.1, -0.05) is 11.6 Å². The van der Waals surface area contributed by atoms with E-state index in [1.165, 1.54) is 6.92 Å². The number of anilines is 1. The molecule has 0 aliphatic heterocycles. The Morgan fingerprint density at radius 2 is 2.07 bits per heavy atom. The first-order valence-corrected chi connectivity index (χ1v) is 4.56. The minimum atomic E-state index is 0.0601. The Kier molecular flexibility index (Phi) is 3.83. The molecule has 0 radical (unpaired) electrons. The third kappa shape index (κ3) is 3.41. The van der Waals surface area contributed by atoms with Gasteiger partial charge in [-0.3, -0.25) is 5.43 Å². The van der Waals surface area contributed by atoms with Gasteiger partial charge in [0.2, 0.25) is 0 Å². The first-order valence-electron chi connectivity index (χ1n) is 4.18. The lowest BCUT2D eigenvalue weighted by Crippen LogP contribution is -2.08. The van der Waals surface area contributed by atoms with E-state index < -0.39 is 0 Å². The molecule has 1 aromatic rings. The normalized spacial score (nSPS) is 10.6. The van der Waals surface area contributed by atoms with E-state index in [9.17, 15) is 0 Å². The van der Waals surface area contributed by atoms with E-state index in [1.54, 1.807) is 24.3 Å². The first-order chi connectivity index (χ1) is 7.13. The number of nitrogens with zero attached hydrogens (tertiary/aromatic N) is 2. The zero-order valence-electron chi connectivity index (χ0n) is 8.08. The summed E-state index contributed by atoms with van der Waals surface area (Å²) in [6, 6.07) is 8.71. The topological polar surface area (TPSA) is 72.0 Å². The third-order valence-corrected chi connectivity index (χ3v) is 1.85. The van der Waals surface area contributed by atoms with Crippen LogP contribution in [0.4, 0.5) is 5.69 Å². The zero-order chi connectivity index (χ0) is 11.3. The molecular weight excluding hydrogens is 212 g/mol. The van der Waals surface area contributed by atoms with Crippen LogP contribution < -0.4 is 5.43 Å². The van der Waals surface area contributed by atoms with Crippen molar-refractivity contribution in [2.75, 3.05) is 5.43 Å². The van der Waals surface area contributed by atoms with Crippen LogP contribution in [-0.4, -0.2) is 11.4 Å². The highest BCUT2D eigenvalue weighted by Gasteiger charge is 1.99. The Hall–Kier alpha value is -1.86. The fourth-order valence-electron chi connectivity index (χ4n) is 0.838. The molecule has 0 saturated heterocycles. The molecule has 0 bridgehead atoms. The third-order valence-electron chi connectivity index (χ3n) is 1.60. The fraction of sp³-hybridized carbons (Fsp3) is 0.100. The van der Waals surface area contributed by atoms with E-state index in [1.807, 2.05) is 6.07 Å². The average molecular weight is 221 g/mol. The first kappa shape index (κ1) is 11.2. The van der Waals surface area contributed by atoms with Crippen molar-refractivity contribution < 1.29 is 0 Å². The predicted molar refractivity (Wildman–Crippen MR) is 61.5 cm³/mol. The summed E-state index contributed by atoms with van der Waals surface area (Å²) in [6.45, 7) is 1.51. The number of rotatable bonds is 3. The van der Waals surface area contributed by atoms with Gasteiger partial charge in [-0.15, -0.1) is 0 Å². The van der Waals surface area contributed by atoms with Gasteiger partial charge >= 0.3 is 0 Å². The minimum Gasteiger partial charge on any atom is -0.303 e. The lowest BCUT2D eigenvalue weighted by atomic mass is 10.3. The molecule has 15 heavy (non-hydrogen) atoms. The van der Waals surface area contributed by atoms with E-state index in [-0.39, 0.29) is 11.4 Å². The summed E-state index contributed by atoms with van der Waals surface area (Å²) in [6.07, 6.45) is 0. The lowest BCUT2D eigenvalue weighted by Gasteiger charge is -2.00. The van der Waals surface area contributed by atoms with Crippen LogP contribution in [0.2, 0.25) is 5.02 Å². The predicted octanol–water partition coefficient (Wildman–Crippen LogP) is 2.67. The van der Waals surface area contributed by atoms with Crippen molar-refractivity contribution in [3.63, 3.8) is 0 Å². The second-order valence-electron chi connectivity index (χ2n) is 2.82. The highest BCUT2D eigenvalue weighted by molar-refractivity contribution is 6.46. The average Bonchev–Trinajstić information content (AvgIpc) is 2.21. The molecule has 5 heteroatoms. The van der Waals surface area contributed by atoms with Gasteiger partial charge < -0.3 is 5.41 Å². The summed E-state index contributed by atoms with van der Waals surface area (Å²) in [4.78, 5) is 0. The summed E-state index contributed by atoms with van der Waals surface area (Å²) in [5.74, 6) is 0. The van der Waals surface area contributed by atoms with Gasteiger partial charge in [0, 0.05) is 5.02 Å². The van der Waals surface area contributed by atoms with Crippen LogP contribution in [0.1, 0.15) is 6.92 Å². The molecular formula is C10H9ClN4. The van der Waals surface area contributed by atoms with Crippen LogP contribution in [0.25, 0.3) is 0 Å². The van der Waals surface area contributed by atoms with E-state index in [2.05, 4.69) is 10.5 Å². The van der Waals surface area contributed by atoms with Crippen molar-refractivity contribution in [1.29, 1.82) is 10.7 Å². The number of nitrogens with one attached hydrogen (secondary N) is 2. The maximum absolute atomic E-state index is 8.64. The summed E-state index contributed by atoms with van der Waals surface area (Å²) in [7, 11) is 0. The van der Waals surface area contributed by atoms with E-state index in [4.69, 9.17) is 22.3 Å². The van der Waals surface area contributed by atoms with Crippen molar-refractivity contribution in [2.24, 2.45) is 5.10 Å². The van der Waals surface area contributed by atoms with Gasteiger partial charge in [0.25, 0.3) is 0 Å². The standard InChI is InChI=1S/C10H9ClN4/c1-7(13)10(6-12)15-14-9-4-2-8(11)3-5-9/h2-5,13-14H,1H3/b13-7?,15-10-. The van der Waals surface area contributed by atoms with Crippen LogP contribution in [0.5, 0.6) is 0 Å². The number of hydrogen-bond acceptors (Lipinski definition) is 4. The summed E-state index contributed by atoms with van der Waals surface area (Å²) < 4.78 is 0. The Labute approximate surface area is 92.7 Å². The maximum atomic E-state index is 8.64. The van der Waals surface area contributed by atoms with Gasteiger partial charge in [-0.2, -0.15) is 10.4 Å². The molecule has 0 heterocycles. The number of benzene rings is 1. The van der Waals surface area contributed by atoms with Gasteiger partial charge in [-0.25, -0.2) is 0 Å². The molecule has 4 nitrogen and oxygen atoms in total. The Morgan fingerprint density at radius 1 is 1.47 bits per heavy atom. The molecule has 0 saturated carbocycles. The second kappa shape index (κ2) is 5.13. The van der Waals surface area contributed by atoms with Crippen molar-refractivity contribution >= 4 is 28.7 Å². The largest absolute Gasteiger partial charge is 0.303 e.